The minimum atomic E-state index is -4.54. The summed E-state index contributed by atoms with van der Waals surface area (Å²) in [5, 5.41) is 0. The Morgan fingerprint density at radius 2 is 0.873 bits per heavy atom. The Balaban J connectivity index is 4.17. The van der Waals surface area contributed by atoms with Gasteiger partial charge in [-0.1, -0.05) is 190 Å². The summed E-state index contributed by atoms with van der Waals surface area (Å²) < 4.78 is 34.7. The molecular weight excluding hydrogens is 806 g/mol. The van der Waals surface area contributed by atoms with Crippen molar-refractivity contribution in [3.05, 3.63) is 60.8 Å². The number of quaternary nitrogens is 1. The Morgan fingerprint density at radius 3 is 1.33 bits per heavy atom. The number of likely N-dealkylation sites (N-methyl/N-ethyl adjacent to an activating group) is 1. The SMILES string of the molecule is CCCCC/C=C\C/C=C\CCCCCCCCCCOCC(COP(=O)([O-])OCC[N+](C)(C)C)OC(=O)CCCCCCCCCC/C=C\C/C=C\C/C=C\CCCCCCC. The molecule has 0 aromatic carbocycles. The van der Waals surface area contributed by atoms with E-state index in [0.29, 0.717) is 24.1 Å². The Labute approximate surface area is 390 Å². The van der Waals surface area contributed by atoms with Crippen LogP contribution in [0.15, 0.2) is 60.8 Å². The van der Waals surface area contributed by atoms with E-state index in [2.05, 4.69) is 74.6 Å². The van der Waals surface area contributed by atoms with Gasteiger partial charge >= 0.3 is 5.97 Å². The van der Waals surface area contributed by atoms with E-state index in [1.807, 2.05) is 21.1 Å². The quantitative estimate of drug-likeness (QED) is 0.0197. The molecule has 0 rings (SSSR count). The summed E-state index contributed by atoms with van der Waals surface area (Å²) in [4.78, 5) is 25.2. The highest BCUT2D eigenvalue weighted by Gasteiger charge is 2.20. The number of hydrogen-bond donors (Lipinski definition) is 0. The fourth-order valence-corrected chi connectivity index (χ4v) is 7.72. The van der Waals surface area contributed by atoms with Crippen LogP contribution in [0, 0.1) is 0 Å². The van der Waals surface area contributed by atoms with Crippen molar-refractivity contribution >= 4 is 13.8 Å². The summed E-state index contributed by atoms with van der Waals surface area (Å²) in [6, 6.07) is 0. The summed E-state index contributed by atoms with van der Waals surface area (Å²) in [6.45, 7) is 5.36. The van der Waals surface area contributed by atoms with E-state index in [1.165, 1.54) is 141 Å². The molecule has 0 aliphatic rings. The van der Waals surface area contributed by atoms with Gasteiger partial charge in [-0.25, -0.2) is 0 Å². The third-order valence-electron chi connectivity index (χ3n) is 11.0. The van der Waals surface area contributed by atoms with Crippen molar-refractivity contribution in [1.29, 1.82) is 0 Å². The molecule has 0 spiro atoms. The highest BCUT2D eigenvalue weighted by atomic mass is 31.2. The van der Waals surface area contributed by atoms with Crippen molar-refractivity contribution in [2.75, 3.05) is 54.1 Å². The molecule has 2 unspecified atom stereocenters. The summed E-state index contributed by atoms with van der Waals surface area (Å²) >= 11 is 0. The molecular formula is C54H100NO7P. The number of carbonyl (C=O) groups excluding carboxylic acids is 1. The molecule has 0 aromatic heterocycles. The summed E-state index contributed by atoms with van der Waals surface area (Å²) in [5.41, 5.74) is 0. The lowest BCUT2D eigenvalue weighted by Crippen LogP contribution is -2.37. The predicted molar refractivity (Wildman–Crippen MR) is 268 cm³/mol. The molecule has 0 saturated heterocycles. The Bertz CT molecular complexity index is 1190. The fraction of sp³-hybridized carbons (Fsp3) is 0.796. The highest BCUT2D eigenvalue weighted by Crippen LogP contribution is 2.38. The maximum absolute atomic E-state index is 12.8. The topological polar surface area (TPSA) is 94.1 Å². The van der Waals surface area contributed by atoms with Gasteiger partial charge in [-0.05, 0) is 83.5 Å². The summed E-state index contributed by atoms with van der Waals surface area (Å²) in [6.07, 6.45) is 59.5. The molecule has 0 amide bonds. The van der Waals surface area contributed by atoms with Crippen molar-refractivity contribution in [1.82, 2.24) is 0 Å². The Kier molecular flexibility index (Phi) is 45.4. The lowest BCUT2D eigenvalue weighted by molar-refractivity contribution is -0.870. The van der Waals surface area contributed by atoms with Crippen LogP contribution in [0.3, 0.4) is 0 Å². The van der Waals surface area contributed by atoms with Crippen molar-refractivity contribution in [2.45, 2.75) is 225 Å². The van der Waals surface area contributed by atoms with Gasteiger partial charge in [0.2, 0.25) is 0 Å². The highest BCUT2D eigenvalue weighted by molar-refractivity contribution is 7.45. The van der Waals surface area contributed by atoms with Crippen molar-refractivity contribution in [2.24, 2.45) is 0 Å². The molecule has 0 radical (unpaired) electrons. The number of hydrogen-bond acceptors (Lipinski definition) is 7. The molecule has 368 valence electrons. The molecule has 0 saturated carbocycles. The van der Waals surface area contributed by atoms with Crippen LogP contribution in [0.1, 0.15) is 219 Å². The van der Waals surface area contributed by atoms with Crippen LogP contribution in [0.4, 0.5) is 0 Å². The van der Waals surface area contributed by atoms with E-state index in [0.717, 1.165) is 57.8 Å². The van der Waals surface area contributed by atoms with E-state index in [4.69, 9.17) is 18.5 Å². The molecule has 0 heterocycles. The molecule has 0 bridgehead atoms. The number of rotatable bonds is 48. The first-order valence-corrected chi connectivity index (χ1v) is 27.5. The van der Waals surface area contributed by atoms with Crippen LogP contribution in [-0.4, -0.2) is 70.7 Å². The first kappa shape index (κ1) is 61.2. The van der Waals surface area contributed by atoms with Gasteiger partial charge < -0.3 is 27.9 Å². The second-order valence-electron chi connectivity index (χ2n) is 18.5. The largest absolute Gasteiger partial charge is 0.756 e. The van der Waals surface area contributed by atoms with Gasteiger partial charge in [0.1, 0.15) is 19.3 Å². The molecule has 9 heteroatoms. The van der Waals surface area contributed by atoms with Crippen LogP contribution < -0.4 is 4.89 Å². The second-order valence-corrected chi connectivity index (χ2v) is 19.9. The zero-order chi connectivity index (χ0) is 46.2. The van der Waals surface area contributed by atoms with Gasteiger partial charge in [-0.3, -0.25) is 9.36 Å². The lowest BCUT2D eigenvalue weighted by Gasteiger charge is -2.28. The first-order valence-electron chi connectivity index (χ1n) is 26.0. The average molecular weight is 906 g/mol. The zero-order valence-electron chi connectivity index (χ0n) is 41.8. The number of carbonyl (C=O) groups is 1. The van der Waals surface area contributed by atoms with E-state index in [9.17, 15) is 14.3 Å². The molecule has 0 aromatic rings. The summed E-state index contributed by atoms with van der Waals surface area (Å²) in [7, 11) is 1.34. The number of unbranched alkanes of at least 4 members (excludes halogenated alkanes) is 24. The smallest absolute Gasteiger partial charge is 0.306 e. The maximum atomic E-state index is 12.8. The standard InChI is InChI=1S/C54H100NO7P/c1-6-8-10-12-14-16-18-20-22-24-26-27-28-29-30-31-33-35-37-39-41-43-45-47-54(56)62-53(52-61-63(57,58)60-50-48-55(3,4)5)51-59-49-46-44-42-40-38-36-34-32-25-23-21-19-17-15-13-11-9-7-2/h15,17-18,20-21,23-24,26,28-29,53H,6-14,16,19,22,25,27,30-52H2,1-5H3/b17-15-,20-18-,23-21-,26-24-,29-28-. The van der Waals surface area contributed by atoms with Crippen LogP contribution >= 0.6 is 7.82 Å². The van der Waals surface area contributed by atoms with Crippen molar-refractivity contribution in [3.8, 4) is 0 Å². The number of allylic oxidation sites excluding steroid dienone is 10. The minimum absolute atomic E-state index is 0.0211. The van der Waals surface area contributed by atoms with Gasteiger partial charge in [-0.15, -0.1) is 0 Å². The maximum Gasteiger partial charge on any atom is 0.306 e. The molecule has 0 aliphatic heterocycles. The Morgan fingerprint density at radius 1 is 0.492 bits per heavy atom. The average Bonchev–Trinajstić information content (AvgIpc) is 3.24. The number of phosphoric acid groups is 1. The molecule has 8 nitrogen and oxygen atoms in total. The third kappa shape index (κ3) is 51.1. The van der Waals surface area contributed by atoms with Crippen LogP contribution in [0.25, 0.3) is 0 Å². The van der Waals surface area contributed by atoms with E-state index in [-0.39, 0.29) is 25.8 Å². The first-order chi connectivity index (χ1) is 30.6. The fourth-order valence-electron chi connectivity index (χ4n) is 7.00. The van der Waals surface area contributed by atoms with Gasteiger partial charge in [0.05, 0.1) is 34.4 Å². The Hall–Kier alpha value is -1.80. The van der Waals surface area contributed by atoms with Crippen LogP contribution in [0.5, 0.6) is 0 Å². The van der Waals surface area contributed by atoms with Crippen molar-refractivity contribution in [3.63, 3.8) is 0 Å². The van der Waals surface area contributed by atoms with Gasteiger partial charge in [0.15, 0.2) is 0 Å². The molecule has 2 atom stereocenters. The molecule has 63 heavy (non-hydrogen) atoms. The normalized spacial score (nSPS) is 14.1. The number of nitrogens with zero attached hydrogens (tertiary/aromatic N) is 1. The van der Waals surface area contributed by atoms with Crippen LogP contribution in [-0.2, 0) is 27.9 Å². The van der Waals surface area contributed by atoms with Crippen molar-refractivity contribution < 1.29 is 37.3 Å². The molecule has 0 aliphatic carbocycles. The third-order valence-corrected chi connectivity index (χ3v) is 12.0. The van der Waals surface area contributed by atoms with E-state index >= 15 is 0 Å². The predicted octanol–water partition coefficient (Wildman–Crippen LogP) is 15.4. The molecule has 0 fully saturated rings. The van der Waals surface area contributed by atoms with Gasteiger partial charge in [0.25, 0.3) is 7.82 Å². The van der Waals surface area contributed by atoms with Crippen LogP contribution in [0.2, 0.25) is 0 Å². The van der Waals surface area contributed by atoms with E-state index in [1.54, 1.807) is 0 Å². The number of esters is 1. The number of ether oxygens (including phenoxy) is 2. The second kappa shape index (κ2) is 46.7. The van der Waals surface area contributed by atoms with E-state index < -0.39 is 13.9 Å². The lowest BCUT2D eigenvalue weighted by atomic mass is 10.1. The molecule has 0 N–H and O–H groups in total. The summed E-state index contributed by atoms with van der Waals surface area (Å²) in [5.74, 6) is -0.343. The zero-order valence-corrected chi connectivity index (χ0v) is 42.7. The van der Waals surface area contributed by atoms with Gasteiger partial charge in [0, 0.05) is 13.0 Å². The minimum Gasteiger partial charge on any atom is -0.756 e. The number of phosphoric ester groups is 1. The van der Waals surface area contributed by atoms with Gasteiger partial charge in [-0.2, -0.15) is 0 Å². The monoisotopic (exact) mass is 906 g/mol.